The molecule has 0 unspecified atom stereocenters. The topological polar surface area (TPSA) is 58.2 Å². The predicted molar refractivity (Wildman–Crippen MR) is 118 cm³/mol. The van der Waals surface area contributed by atoms with Gasteiger partial charge in [0.05, 0.1) is 0 Å². The number of carbonyl (C=O) groups is 2. The van der Waals surface area contributed by atoms with Gasteiger partial charge in [0.1, 0.15) is 6.04 Å². The zero-order valence-corrected chi connectivity index (χ0v) is 17.1. The Bertz CT molecular complexity index is 968. The molecule has 0 aliphatic carbocycles. The van der Waals surface area contributed by atoms with Gasteiger partial charge in [0, 0.05) is 16.3 Å². The monoisotopic (exact) mass is 406 g/mol. The Hall–Kier alpha value is -3.11. The molecule has 0 bridgehead atoms. The van der Waals surface area contributed by atoms with Crippen molar-refractivity contribution < 1.29 is 9.59 Å². The first-order valence-electron chi connectivity index (χ1n) is 9.47. The highest BCUT2D eigenvalue weighted by Crippen LogP contribution is 2.21. The van der Waals surface area contributed by atoms with Gasteiger partial charge in [-0.1, -0.05) is 67.9 Å². The second-order valence-corrected chi connectivity index (χ2v) is 7.57. The number of benzene rings is 3. The van der Waals surface area contributed by atoms with Crippen LogP contribution in [-0.4, -0.2) is 17.9 Å². The van der Waals surface area contributed by atoms with E-state index in [1.165, 1.54) is 0 Å². The summed E-state index contributed by atoms with van der Waals surface area (Å²) in [5.41, 5.74) is 3.32. The first-order chi connectivity index (χ1) is 13.9. The summed E-state index contributed by atoms with van der Waals surface area (Å²) in [4.78, 5) is 25.3. The summed E-state index contributed by atoms with van der Waals surface area (Å²) < 4.78 is 0. The molecule has 148 valence electrons. The predicted octanol–water partition coefficient (Wildman–Crippen LogP) is 5.40. The van der Waals surface area contributed by atoms with E-state index in [-0.39, 0.29) is 17.7 Å². The van der Waals surface area contributed by atoms with Gasteiger partial charge >= 0.3 is 0 Å². The van der Waals surface area contributed by atoms with Gasteiger partial charge in [-0.15, -0.1) is 0 Å². The zero-order chi connectivity index (χ0) is 20.8. The minimum absolute atomic E-state index is 0.0742. The normalized spacial score (nSPS) is 11.7. The van der Waals surface area contributed by atoms with Gasteiger partial charge < -0.3 is 10.6 Å². The molecule has 0 aromatic heterocycles. The number of carbonyl (C=O) groups excluding carboxylic acids is 2. The fourth-order valence-electron chi connectivity index (χ4n) is 2.96. The summed E-state index contributed by atoms with van der Waals surface area (Å²) in [5.74, 6) is -0.639. The largest absolute Gasteiger partial charge is 0.340 e. The van der Waals surface area contributed by atoms with Crippen LogP contribution in [0.4, 0.5) is 5.69 Å². The standard InChI is InChI=1S/C24H23ClN2O2/c1-16(2)22(27-23(28)19-8-12-20(25)13-9-19)24(29)26-21-14-10-18(11-15-21)17-6-4-3-5-7-17/h3-16,22H,1-2H3,(H,26,29)(H,27,28)/t22-/m1/s1. The summed E-state index contributed by atoms with van der Waals surface area (Å²) in [6, 6.07) is 23.6. The molecule has 1 atom stereocenters. The molecule has 0 saturated carbocycles. The van der Waals surface area contributed by atoms with Crippen molar-refractivity contribution in [1.29, 1.82) is 0 Å². The Morgan fingerprint density at radius 3 is 1.97 bits per heavy atom. The molecular formula is C24H23ClN2O2. The second-order valence-electron chi connectivity index (χ2n) is 7.13. The minimum atomic E-state index is -0.660. The van der Waals surface area contributed by atoms with Gasteiger partial charge in [0.2, 0.25) is 5.91 Å². The molecule has 0 heterocycles. The van der Waals surface area contributed by atoms with Crippen molar-refractivity contribution in [2.45, 2.75) is 19.9 Å². The number of halogens is 1. The van der Waals surface area contributed by atoms with E-state index in [1.54, 1.807) is 24.3 Å². The summed E-state index contributed by atoms with van der Waals surface area (Å²) in [5, 5.41) is 6.26. The van der Waals surface area contributed by atoms with Crippen LogP contribution in [0.25, 0.3) is 11.1 Å². The number of hydrogen-bond donors (Lipinski definition) is 2. The van der Waals surface area contributed by atoms with E-state index < -0.39 is 6.04 Å². The number of rotatable bonds is 6. The lowest BCUT2D eigenvalue weighted by Crippen LogP contribution is -2.47. The average Bonchev–Trinajstić information content (AvgIpc) is 2.73. The third-order valence-corrected chi connectivity index (χ3v) is 4.85. The number of hydrogen-bond acceptors (Lipinski definition) is 2. The smallest absolute Gasteiger partial charge is 0.251 e. The van der Waals surface area contributed by atoms with Crippen molar-refractivity contribution >= 4 is 29.1 Å². The molecule has 0 aliphatic rings. The molecular weight excluding hydrogens is 384 g/mol. The van der Waals surface area contributed by atoms with Gasteiger partial charge in [0.15, 0.2) is 0 Å². The van der Waals surface area contributed by atoms with Crippen LogP contribution in [0.5, 0.6) is 0 Å². The molecule has 29 heavy (non-hydrogen) atoms. The van der Waals surface area contributed by atoms with Crippen molar-refractivity contribution in [1.82, 2.24) is 5.32 Å². The van der Waals surface area contributed by atoms with Crippen LogP contribution in [0, 0.1) is 5.92 Å². The summed E-state index contributed by atoms with van der Waals surface area (Å²) in [6.07, 6.45) is 0. The maximum atomic E-state index is 12.8. The fraction of sp³-hybridized carbons (Fsp3) is 0.167. The lowest BCUT2D eigenvalue weighted by molar-refractivity contribution is -0.118. The average molecular weight is 407 g/mol. The Morgan fingerprint density at radius 2 is 1.38 bits per heavy atom. The van der Waals surface area contributed by atoms with Crippen molar-refractivity contribution in [2.24, 2.45) is 5.92 Å². The van der Waals surface area contributed by atoms with E-state index in [1.807, 2.05) is 68.4 Å². The highest BCUT2D eigenvalue weighted by Gasteiger charge is 2.24. The Balaban J connectivity index is 1.68. The zero-order valence-electron chi connectivity index (χ0n) is 16.4. The van der Waals surface area contributed by atoms with Crippen molar-refractivity contribution in [3.05, 3.63) is 89.4 Å². The van der Waals surface area contributed by atoms with Crippen LogP contribution in [-0.2, 0) is 4.79 Å². The molecule has 0 spiro atoms. The van der Waals surface area contributed by atoms with Crippen LogP contribution in [0.2, 0.25) is 5.02 Å². The van der Waals surface area contributed by atoms with Gasteiger partial charge in [-0.2, -0.15) is 0 Å². The Labute approximate surface area is 175 Å². The quantitative estimate of drug-likeness (QED) is 0.575. The van der Waals surface area contributed by atoms with Gasteiger partial charge in [0.25, 0.3) is 5.91 Å². The molecule has 3 aromatic carbocycles. The number of amides is 2. The molecule has 3 aromatic rings. The maximum absolute atomic E-state index is 12.8. The van der Waals surface area contributed by atoms with E-state index in [4.69, 9.17) is 11.6 Å². The molecule has 3 rings (SSSR count). The molecule has 5 heteroatoms. The Kier molecular flexibility index (Phi) is 6.68. The highest BCUT2D eigenvalue weighted by molar-refractivity contribution is 6.30. The van der Waals surface area contributed by atoms with Gasteiger partial charge in [-0.25, -0.2) is 0 Å². The molecule has 0 fully saturated rings. The molecule has 2 amide bonds. The maximum Gasteiger partial charge on any atom is 0.251 e. The Morgan fingerprint density at radius 1 is 0.793 bits per heavy atom. The van der Waals surface area contributed by atoms with E-state index in [9.17, 15) is 9.59 Å². The number of anilines is 1. The first kappa shape index (κ1) is 20.6. The molecule has 0 saturated heterocycles. The van der Waals surface area contributed by atoms with Crippen LogP contribution in [0.1, 0.15) is 24.2 Å². The van der Waals surface area contributed by atoms with Crippen molar-refractivity contribution in [3.63, 3.8) is 0 Å². The van der Waals surface area contributed by atoms with E-state index in [2.05, 4.69) is 10.6 Å². The SMILES string of the molecule is CC(C)[C@@H](NC(=O)c1ccc(Cl)cc1)C(=O)Nc1ccc(-c2ccccc2)cc1. The van der Waals surface area contributed by atoms with Crippen molar-refractivity contribution in [2.75, 3.05) is 5.32 Å². The van der Waals surface area contributed by atoms with Crippen LogP contribution >= 0.6 is 11.6 Å². The fourth-order valence-corrected chi connectivity index (χ4v) is 3.08. The van der Waals surface area contributed by atoms with Gasteiger partial charge in [-0.05, 0) is 53.4 Å². The van der Waals surface area contributed by atoms with E-state index in [0.29, 0.717) is 16.3 Å². The lowest BCUT2D eigenvalue weighted by Gasteiger charge is -2.22. The minimum Gasteiger partial charge on any atom is -0.340 e. The first-order valence-corrected chi connectivity index (χ1v) is 9.84. The highest BCUT2D eigenvalue weighted by atomic mass is 35.5. The molecule has 2 N–H and O–H groups in total. The summed E-state index contributed by atoms with van der Waals surface area (Å²) >= 11 is 5.87. The third kappa shape index (κ3) is 5.46. The van der Waals surface area contributed by atoms with Crippen molar-refractivity contribution in [3.8, 4) is 11.1 Å². The third-order valence-electron chi connectivity index (χ3n) is 4.60. The van der Waals surface area contributed by atoms with Crippen LogP contribution < -0.4 is 10.6 Å². The van der Waals surface area contributed by atoms with Gasteiger partial charge in [-0.3, -0.25) is 9.59 Å². The summed E-state index contributed by atoms with van der Waals surface area (Å²) in [7, 11) is 0. The van der Waals surface area contributed by atoms with E-state index >= 15 is 0 Å². The van der Waals surface area contributed by atoms with Crippen LogP contribution in [0.3, 0.4) is 0 Å². The molecule has 0 radical (unpaired) electrons. The number of nitrogens with one attached hydrogen (secondary N) is 2. The van der Waals surface area contributed by atoms with Crippen LogP contribution in [0.15, 0.2) is 78.9 Å². The molecule has 0 aliphatic heterocycles. The molecule has 4 nitrogen and oxygen atoms in total. The second kappa shape index (κ2) is 9.39. The lowest BCUT2D eigenvalue weighted by atomic mass is 10.0. The van der Waals surface area contributed by atoms with E-state index in [0.717, 1.165) is 11.1 Å². The summed E-state index contributed by atoms with van der Waals surface area (Å²) in [6.45, 7) is 3.79.